The van der Waals surface area contributed by atoms with Crippen molar-refractivity contribution in [1.29, 1.82) is 0 Å². The Morgan fingerprint density at radius 2 is 1.96 bits per heavy atom. The zero-order valence-electron chi connectivity index (χ0n) is 14.3. The van der Waals surface area contributed by atoms with Crippen molar-refractivity contribution < 1.29 is 4.79 Å². The molecule has 25 heavy (non-hydrogen) atoms. The summed E-state index contributed by atoms with van der Waals surface area (Å²) in [5, 5.41) is 5.26. The zero-order valence-corrected chi connectivity index (χ0v) is 15.1. The van der Waals surface area contributed by atoms with Gasteiger partial charge in [0.25, 0.3) is 5.91 Å². The minimum atomic E-state index is 0.122. The summed E-state index contributed by atoms with van der Waals surface area (Å²) in [6, 6.07) is 12.0. The van der Waals surface area contributed by atoms with Gasteiger partial charge in [0.05, 0.1) is 11.1 Å². The highest BCUT2D eigenvalue weighted by molar-refractivity contribution is 7.07. The van der Waals surface area contributed by atoms with Crippen LogP contribution in [0.2, 0.25) is 0 Å². The molecule has 1 aromatic carbocycles. The first-order valence-electron chi connectivity index (χ1n) is 8.60. The number of pyridine rings is 1. The molecule has 5 heteroatoms. The Labute approximate surface area is 151 Å². The standard InChI is InChI=1S/C20H21N3OS/c1-15-12-18(17-4-2-3-5-19(17)21-15)20(24)23-9-7-22(8-10-23)13-16-6-11-25-14-16/h2-6,11-12,14H,7-10,13H2,1H3. The first-order chi connectivity index (χ1) is 12.2. The van der Waals surface area contributed by atoms with Gasteiger partial charge in [-0.3, -0.25) is 14.7 Å². The lowest BCUT2D eigenvalue weighted by atomic mass is 10.1. The van der Waals surface area contributed by atoms with Crippen molar-refractivity contribution in [2.75, 3.05) is 26.2 Å². The Bertz CT molecular complexity index is 883. The summed E-state index contributed by atoms with van der Waals surface area (Å²) in [7, 11) is 0. The molecule has 4 nitrogen and oxygen atoms in total. The number of para-hydroxylation sites is 1. The summed E-state index contributed by atoms with van der Waals surface area (Å²) in [5.74, 6) is 0.122. The summed E-state index contributed by atoms with van der Waals surface area (Å²) in [5.41, 5.74) is 3.91. The van der Waals surface area contributed by atoms with Gasteiger partial charge in [0.15, 0.2) is 0 Å². The lowest BCUT2D eigenvalue weighted by molar-refractivity contribution is 0.0630. The quantitative estimate of drug-likeness (QED) is 0.724. The third-order valence-electron chi connectivity index (χ3n) is 4.72. The first-order valence-corrected chi connectivity index (χ1v) is 9.54. The summed E-state index contributed by atoms with van der Waals surface area (Å²) in [6.07, 6.45) is 0. The molecule has 3 heterocycles. The largest absolute Gasteiger partial charge is 0.336 e. The van der Waals surface area contributed by atoms with E-state index in [4.69, 9.17) is 0 Å². The highest BCUT2D eigenvalue weighted by Crippen LogP contribution is 2.21. The highest BCUT2D eigenvalue weighted by Gasteiger charge is 2.23. The number of amides is 1. The lowest BCUT2D eigenvalue weighted by Crippen LogP contribution is -2.48. The van der Waals surface area contributed by atoms with Crippen molar-refractivity contribution in [3.8, 4) is 0 Å². The van der Waals surface area contributed by atoms with Gasteiger partial charge in [0.2, 0.25) is 0 Å². The molecular weight excluding hydrogens is 330 g/mol. The Morgan fingerprint density at radius 3 is 2.72 bits per heavy atom. The minimum Gasteiger partial charge on any atom is -0.336 e. The molecule has 0 unspecified atom stereocenters. The smallest absolute Gasteiger partial charge is 0.254 e. The molecule has 0 spiro atoms. The Hall–Kier alpha value is -2.24. The van der Waals surface area contributed by atoms with Gasteiger partial charge >= 0.3 is 0 Å². The summed E-state index contributed by atoms with van der Waals surface area (Å²) >= 11 is 1.74. The maximum atomic E-state index is 13.1. The molecule has 0 aliphatic carbocycles. The number of rotatable bonds is 3. The van der Waals surface area contributed by atoms with Crippen molar-refractivity contribution in [3.63, 3.8) is 0 Å². The highest BCUT2D eigenvalue weighted by atomic mass is 32.1. The summed E-state index contributed by atoms with van der Waals surface area (Å²) < 4.78 is 0. The fraction of sp³-hybridized carbons (Fsp3) is 0.300. The van der Waals surface area contributed by atoms with E-state index in [0.29, 0.717) is 0 Å². The van der Waals surface area contributed by atoms with Crippen LogP contribution in [-0.4, -0.2) is 46.9 Å². The van der Waals surface area contributed by atoms with Gasteiger partial charge in [-0.2, -0.15) is 11.3 Å². The summed E-state index contributed by atoms with van der Waals surface area (Å²) in [6.45, 7) is 6.31. The van der Waals surface area contributed by atoms with Crippen LogP contribution < -0.4 is 0 Å². The minimum absolute atomic E-state index is 0.122. The third kappa shape index (κ3) is 3.43. The number of aryl methyl sites for hydroxylation is 1. The fourth-order valence-corrected chi connectivity index (χ4v) is 4.06. The molecule has 3 aromatic rings. The fourth-order valence-electron chi connectivity index (χ4n) is 3.40. The average Bonchev–Trinajstić information content (AvgIpc) is 3.14. The topological polar surface area (TPSA) is 36.4 Å². The lowest BCUT2D eigenvalue weighted by Gasteiger charge is -2.34. The number of nitrogens with zero attached hydrogens (tertiary/aromatic N) is 3. The van der Waals surface area contributed by atoms with Gasteiger partial charge in [0, 0.05) is 43.8 Å². The van der Waals surface area contributed by atoms with E-state index in [-0.39, 0.29) is 5.91 Å². The van der Waals surface area contributed by atoms with Crippen molar-refractivity contribution in [3.05, 3.63) is 64.0 Å². The van der Waals surface area contributed by atoms with E-state index in [9.17, 15) is 4.79 Å². The van der Waals surface area contributed by atoms with Crippen LogP contribution in [0.15, 0.2) is 47.2 Å². The molecule has 0 atom stereocenters. The van der Waals surface area contributed by atoms with Crippen molar-refractivity contribution in [2.45, 2.75) is 13.5 Å². The molecule has 0 radical (unpaired) electrons. The molecule has 1 amide bonds. The maximum Gasteiger partial charge on any atom is 0.254 e. The number of aromatic nitrogens is 1. The number of fused-ring (bicyclic) bond motifs is 1. The second kappa shape index (κ2) is 6.94. The normalized spacial score (nSPS) is 15.6. The van der Waals surface area contributed by atoms with E-state index in [1.807, 2.05) is 42.2 Å². The number of carbonyl (C=O) groups excluding carboxylic acids is 1. The second-order valence-corrected chi connectivity index (χ2v) is 7.31. The molecule has 2 aromatic heterocycles. The molecule has 1 saturated heterocycles. The van der Waals surface area contributed by atoms with Crippen molar-refractivity contribution in [1.82, 2.24) is 14.8 Å². The molecule has 0 saturated carbocycles. The molecule has 0 N–H and O–H groups in total. The molecule has 4 rings (SSSR count). The van der Waals surface area contributed by atoms with Crippen molar-refractivity contribution in [2.24, 2.45) is 0 Å². The molecular formula is C20H21N3OS. The van der Waals surface area contributed by atoms with Crippen LogP contribution in [0, 0.1) is 6.92 Å². The van der Waals surface area contributed by atoms with Gasteiger partial charge < -0.3 is 4.90 Å². The number of benzene rings is 1. The van der Waals surface area contributed by atoms with E-state index < -0.39 is 0 Å². The third-order valence-corrected chi connectivity index (χ3v) is 5.45. The summed E-state index contributed by atoms with van der Waals surface area (Å²) in [4.78, 5) is 22.0. The number of piperazine rings is 1. The van der Waals surface area contributed by atoms with Crippen LogP contribution in [0.25, 0.3) is 10.9 Å². The second-order valence-electron chi connectivity index (χ2n) is 6.53. The Kier molecular flexibility index (Phi) is 4.51. The maximum absolute atomic E-state index is 13.1. The number of thiophene rings is 1. The first kappa shape index (κ1) is 16.2. The Morgan fingerprint density at radius 1 is 1.16 bits per heavy atom. The number of hydrogen-bond donors (Lipinski definition) is 0. The van der Waals surface area contributed by atoms with Gasteiger partial charge in [-0.05, 0) is 41.4 Å². The molecule has 0 bridgehead atoms. The van der Waals surface area contributed by atoms with Crippen molar-refractivity contribution >= 4 is 28.1 Å². The van der Waals surface area contributed by atoms with Crippen LogP contribution in [0.5, 0.6) is 0 Å². The van der Waals surface area contributed by atoms with Crippen LogP contribution >= 0.6 is 11.3 Å². The van der Waals surface area contributed by atoms with E-state index >= 15 is 0 Å². The molecule has 1 fully saturated rings. The average molecular weight is 351 g/mol. The predicted octanol–water partition coefficient (Wildman–Crippen LogP) is 3.56. The number of carbonyl (C=O) groups is 1. The SMILES string of the molecule is Cc1cc(C(=O)N2CCN(Cc3ccsc3)CC2)c2ccccc2n1. The predicted molar refractivity (Wildman–Crippen MR) is 102 cm³/mol. The number of hydrogen-bond acceptors (Lipinski definition) is 4. The Balaban J connectivity index is 1.49. The van der Waals surface area contributed by atoms with Crippen LogP contribution in [0.3, 0.4) is 0 Å². The van der Waals surface area contributed by atoms with E-state index in [1.165, 1.54) is 5.56 Å². The van der Waals surface area contributed by atoms with E-state index in [0.717, 1.165) is 54.9 Å². The van der Waals surface area contributed by atoms with E-state index in [2.05, 4.69) is 26.7 Å². The monoisotopic (exact) mass is 351 g/mol. The van der Waals surface area contributed by atoms with Crippen LogP contribution in [-0.2, 0) is 6.54 Å². The zero-order chi connectivity index (χ0) is 17.2. The van der Waals surface area contributed by atoms with Crippen LogP contribution in [0.4, 0.5) is 0 Å². The molecule has 128 valence electrons. The van der Waals surface area contributed by atoms with E-state index in [1.54, 1.807) is 11.3 Å². The van der Waals surface area contributed by atoms with Gasteiger partial charge in [-0.25, -0.2) is 0 Å². The molecule has 1 aliphatic heterocycles. The van der Waals surface area contributed by atoms with Gasteiger partial charge in [-0.15, -0.1) is 0 Å². The van der Waals surface area contributed by atoms with Gasteiger partial charge in [0.1, 0.15) is 0 Å². The van der Waals surface area contributed by atoms with Crippen LogP contribution in [0.1, 0.15) is 21.6 Å². The molecule has 1 aliphatic rings. The van der Waals surface area contributed by atoms with Gasteiger partial charge in [-0.1, -0.05) is 18.2 Å².